The zero-order valence-corrected chi connectivity index (χ0v) is 6.37. The van der Waals surface area contributed by atoms with E-state index in [1.807, 2.05) is 0 Å². The average Bonchev–Trinajstić information content (AvgIpc) is 2.33. The molecule has 0 fully saturated rings. The maximum absolute atomic E-state index is 10.3. The van der Waals surface area contributed by atoms with Crippen LogP contribution < -0.4 is 4.90 Å². The Labute approximate surface area is 64.0 Å². The summed E-state index contributed by atoms with van der Waals surface area (Å²) in [4.78, 5) is 12.0. The minimum Gasteiger partial charge on any atom is -0.475 e. The second-order valence-corrected chi connectivity index (χ2v) is 2.34. The van der Waals surface area contributed by atoms with Crippen molar-refractivity contribution in [3.63, 3.8) is 0 Å². The maximum Gasteiger partial charge on any atom is 0.371 e. The van der Waals surface area contributed by atoms with Crippen molar-refractivity contribution in [2.24, 2.45) is 0 Å². The first-order valence-electron chi connectivity index (χ1n) is 3.11. The van der Waals surface area contributed by atoms with Crippen LogP contribution in [-0.4, -0.2) is 25.2 Å². The van der Waals surface area contributed by atoms with Crippen LogP contribution in [0.3, 0.4) is 0 Å². The summed E-state index contributed by atoms with van der Waals surface area (Å²) in [5, 5.41) is 8.47. The van der Waals surface area contributed by atoms with Gasteiger partial charge in [-0.2, -0.15) is 0 Å². The Morgan fingerprint density at radius 1 is 1.55 bits per heavy atom. The molecule has 0 aliphatic rings. The lowest BCUT2D eigenvalue weighted by Gasteiger charge is -2.05. The Balaban J connectivity index is 2.90. The maximum atomic E-state index is 10.3. The first-order valence-corrected chi connectivity index (χ1v) is 3.11. The van der Waals surface area contributed by atoms with Crippen molar-refractivity contribution in [1.82, 2.24) is 0 Å². The number of rotatable bonds is 2. The van der Waals surface area contributed by atoms with Gasteiger partial charge in [-0.3, -0.25) is 0 Å². The summed E-state index contributed by atoms with van der Waals surface area (Å²) in [7, 11) is 3.56. The van der Waals surface area contributed by atoms with E-state index in [-0.39, 0.29) is 5.76 Å². The van der Waals surface area contributed by atoms with Crippen molar-refractivity contribution >= 4 is 11.9 Å². The number of carboxylic acid groups (broad SMARTS) is 1. The van der Waals surface area contributed by atoms with Gasteiger partial charge in [-0.15, -0.1) is 0 Å². The summed E-state index contributed by atoms with van der Waals surface area (Å²) < 4.78 is 4.93. The molecule has 1 heterocycles. The molecule has 4 heteroatoms. The number of aromatic carboxylic acids is 1. The molecular weight excluding hydrogens is 146 g/mol. The third-order valence-corrected chi connectivity index (χ3v) is 1.24. The number of furan rings is 1. The molecule has 0 aliphatic carbocycles. The van der Waals surface area contributed by atoms with E-state index in [4.69, 9.17) is 9.52 Å². The number of hydrogen-bond acceptors (Lipinski definition) is 3. The second-order valence-electron chi connectivity index (χ2n) is 2.34. The van der Waals surface area contributed by atoms with E-state index in [2.05, 4.69) is 0 Å². The standard InChI is InChI=1S/C7H9NO3/c1-8(2)6-4-3-5(11-6)7(9)10/h3-4H,1-2H3,(H,9,10). The van der Waals surface area contributed by atoms with Crippen molar-refractivity contribution < 1.29 is 14.3 Å². The Morgan fingerprint density at radius 3 is 2.45 bits per heavy atom. The number of anilines is 1. The van der Waals surface area contributed by atoms with Gasteiger partial charge in [0.15, 0.2) is 5.88 Å². The quantitative estimate of drug-likeness (QED) is 0.693. The minimum absolute atomic E-state index is 0.0336. The molecule has 0 saturated heterocycles. The van der Waals surface area contributed by atoms with Crippen LogP contribution in [0.5, 0.6) is 0 Å². The molecule has 0 atom stereocenters. The molecule has 1 rings (SSSR count). The lowest BCUT2D eigenvalue weighted by molar-refractivity contribution is 0.0663. The summed E-state index contributed by atoms with van der Waals surface area (Å²) in [5.41, 5.74) is 0. The summed E-state index contributed by atoms with van der Waals surface area (Å²) in [6.45, 7) is 0. The van der Waals surface area contributed by atoms with Crippen LogP contribution in [0.15, 0.2) is 16.5 Å². The SMILES string of the molecule is CN(C)c1ccc(C(=O)O)o1. The van der Waals surface area contributed by atoms with Gasteiger partial charge >= 0.3 is 5.97 Å². The first-order chi connectivity index (χ1) is 5.11. The fourth-order valence-electron chi connectivity index (χ4n) is 0.683. The topological polar surface area (TPSA) is 53.7 Å². The Hall–Kier alpha value is -1.45. The normalized spacial score (nSPS) is 9.64. The fraction of sp³-hybridized carbons (Fsp3) is 0.286. The molecule has 0 unspecified atom stereocenters. The highest BCUT2D eigenvalue weighted by molar-refractivity contribution is 5.84. The highest BCUT2D eigenvalue weighted by atomic mass is 16.4. The molecule has 0 amide bonds. The van der Waals surface area contributed by atoms with Crippen LogP contribution in [0.4, 0.5) is 5.88 Å². The number of nitrogens with zero attached hydrogens (tertiary/aromatic N) is 1. The van der Waals surface area contributed by atoms with E-state index in [0.29, 0.717) is 5.88 Å². The van der Waals surface area contributed by atoms with E-state index >= 15 is 0 Å². The van der Waals surface area contributed by atoms with Gasteiger partial charge < -0.3 is 14.4 Å². The van der Waals surface area contributed by atoms with Gasteiger partial charge in [-0.25, -0.2) is 4.79 Å². The van der Waals surface area contributed by atoms with Crippen LogP contribution in [0.2, 0.25) is 0 Å². The predicted octanol–water partition coefficient (Wildman–Crippen LogP) is 1.04. The van der Waals surface area contributed by atoms with Crippen molar-refractivity contribution in [2.75, 3.05) is 19.0 Å². The lowest BCUT2D eigenvalue weighted by Crippen LogP contribution is -2.07. The molecule has 60 valence electrons. The Bertz CT molecular complexity index is 264. The number of carbonyl (C=O) groups is 1. The summed E-state index contributed by atoms with van der Waals surface area (Å²) in [5.74, 6) is -0.533. The van der Waals surface area contributed by atoms with Crippen molar-refractivity contribution in [3.05, 3.63) is 17.9 Å². The number of hydrogen-bond donors (Lipinski definition) is 1. The van der Waals surface area contributed by atoms with Crippen molar-refractivity contribution in [2.45, 2.75) is 0 Å². The summed E-state index contributed by atoms with van der Waals surface area (Å²) >= 11 is 0. The largest absolute Gasteiger partial charge is 0.475 e. The summed E-state index contributed by atoms with van der Waals surface area (Å²) in [6.07, 6.45) is 0. The van der Waals surface area contributed by atoms with E-state index in [0.717, 1.165) is 0 Å². The highest BCUT2D eigenvalue weighted by Gasteiger charge is 2.08. The van der Waals surface area contributed by atoms with Crippen LogP contribution in [0.25, 0.3) is 0 Å². The van der Waals surface area contributed by atoms with Crippen LogP contribution in [-0.2, 0) is 0 Å². The smallest absolute Gasteiger partial charge is 0.371 e. The Kier molecular flexibility index (Phi) is 1.85. The molecule has 1 aromatic heterocycles. The van der Waals surface area contributed by atoms with Crippen molar-refractivity contribution in [3.8, 4) is 0 Å². The van der Waals surface area contributed by atoms with Crippen LogP contribution in [0.1, 0.15) is 10.6 Å². The van der Waals surface area contributed by atoms with Gasteiger partial charge in [0.05, 0.1) is 0 Å². The molecule has 0 radical (unpaired) electrons. The van der Waals surface area contributed by atoms with E-state index in [9.17, 15) is 4.79 Å². The highest BCUT2D eigenvalue weighted by Crippen LogP contribution is 2.15. The molecule has 0 bridgehead atoms. The minimum atomic E-state index is -1.04. The van der Waals surface area contributed by atoms with Gasteiger partial charge in [0.1, 0.15) is 0 Å². The van der Waals surface area contributed by atoms with Gasteiger partial charge in [-0.05, 0) is 6.07 Å². The molecule has 1 aromatic rings. The molecule has 11 heavy (non-hydrogen) atoms. The molecule has 0 aliphatic heterocycles. The van der Waals surface area contributed by atoms with Gasteiger partial charge in [0, 0.05) is 20.2 Å². The molecule has 0 aromatic carbocycles. The van der Waals surface area contributed by atoms with Gasteiger partial charge in [0.2, 0.25) is 5.76 Å². The average molecular weight is 155 g/mol. The molecule has 0 saturated carbocycles. The molecule has 1 N–H and O–H groups in total. The van der Waals surface area contributed by atoms with Gasteiger partial charge in [0.25, 0.3) is 0 Å². The zero-order chi connectivity index (χ0) is 8.43. The molecular formula is C7H9NO3. The third kappa shape index (κ3) is 1.52. The lowest BCUT2D eigenvalue weighted by atomic mass is 10.4. The predicted molar refractivity (Wildman–Crippen MR) is 40.0 cm³/mol. The second kappa shape index (κ2) is 2.65. The van der Waals surface area contributed by atoms with Crippen molar-refractivity contribution in [1.29, 1.82) is 0 Å². The van der Waals surface area contributed by atoms with E-state index < -0.39 is 5.97 Å². The molecule has 0 spiro atoms. The fourth-order valence-corrected chi connectivity index (χ4v) is 0.683. The summed E-state index contributed by atoms with van der Waals surface area (Å²) in [6, 6.07) is 3.04. The van der Waals surface area contributed by atoms with Crippen LogP contribution >= 0.6 is 0 Å². The zero-order valence-electron chi connectivity index (χ0n) is 6.37. The Morgan fingerprint density at radius 2 is 2.18 bits per heavy atom. The third-order valence-electron chi connectivity index (χ3n) is 1.24. The monoisotopic (exact) mass is 155 g/mol. The molecule has 4 nitrogen and oxygen atoms in total. The first kappa shape index (κ1) is 7.65. The van der Waals surface area contributed by atoms with Crippen LogP contribution in [0, 0.1) is 0 Å². The van der Waals surface area contributed by atoms with E-state index in [1.165, 1.54) is 6.07 Å². The number of carboxylic acids is 1. The van der Waals surface area contributed by atoms with Gasteiger partial charge in [-0.1, -0.05) is 0 Å². The van der Waals surface area contributed by atoms with E-state index in [1.54, 1.807) is 25.1 Å².